The summed E-state index contributed by atoms with van der Waals surface area (Å²) in [5.74, 6) is -0.233. The van der Waals surface area contributed by atoms with E-state index in [0.717, 1.165) is 21.1 Å². The molecule has 0 saturated carbocycles. The third-order valence-corrected chi connectivity index (χ3v) is 5.10. The van der Waals surface area contributed by atoms with Crippen LogP contribution in [-0.4, -0.2) is 16.6 Å². The van der Waals surface area contributed by atoms with Crippen LogP contribution in [-0.2, 0) is 0 Å². The van der Waals surface area contributed by atoms with Crippen LogP contribution in [0.3, 0.4) is 0 Å². The zero-order valence-electron chi connectivity index (χ0n) is 11.2. The Balaban J connectivity index is 2.36. The van der Waals surface area contributed by atoms with Gasteiger partial charge in [0.1, 0.15) is 0 Å². The van der Waals surface area contributed by atoms with E-state index in [1.165, 1.54) is 11.3 Å². The quantitative estimate of drug-likeness (QED) is 0.895. The molecule has 0 fully saturated rings. The zero-order valence-corrected chi connectivity index (χ0v) is 13.6. The number of aryl methyl sites for hydroxylation is 2. The topological polar surface area (TPSA) is 59.1 Å². The van der Waals surface area contributed by atoms with E-state index in [1.54, 1.807) is 12.1 Å². The van der Waals surface area contributed by atoms with E-state index in [9.17, 15) is 5.11 Å². The molecule has 0 saturated heterocycles. The normalized spacial score (nSPS) is 14.3. The van der Waals surface area contributed by atoms with Gasteiger partial charge in [0.15, 0.2) is 0 Å². The summed E-state index contributed by atoms with van der Waals surface area (Å²) in [4.78, 5) is 5.20. The number of aliphatic hydroxyl groups is 1. The number of nitrogens with zero attached hydrogens (tertiary/aromatic N) is 1. The maximum absolute atomic E-state index is 10.6. The van der Waals surface area contributed by atoms with Crippen molar-refractivity contribution in [2.75, 3.05) is 6.54 Å². The summed E-state index contributed by atoms with van der Waals surface area (Å²) in [6.07, 6.45) is -0.691. The van der Waals surface area contributed by atoms with Gasteiger partial charge in [0.25, 0.3) is 0 Å². The monoisotopic (exact) mass is 330 g/mol. The van der Waals surface area contributed by atoms with Crippen molar-refractivity contribution in [3.05, 3.63) is 49.4 Å². The van der Waals surface area contributed by atoms with Crippen molar-refractivity contribution >= 4 is 34.5 Å². The van der Waals surface area contributed by atoms with Crippen LogP contribution >= 0.6 is 34.5 Å². The summed E-state index contributed by atoms with van der Waals surface area (Å²) in [6.45, 7) is 4.13. The highest BCUT2D eigenvalue weighted by Crippen LogP contribution is 2.36. The molecule has 20 heavy (non-hydrogen) atoms. The molecule has 108 valence electrons. The van der Waals surface area contributed by atoms with E-state index in [2.05, 4.69) is 4.98 Å². The Hall–Kier alpha value is -0.650. The van der Waals surface area contributed by atoms with Crippen LogP contribution < -0.4 is 5.73 Å². The van der Waals surface area contributed by atoms with Crippen molar-refractivity contribution in [2.45, 2.75) is 25.9 Å². The maximum Gasteiger partial charge on any atom is 0.0981 e. The Morgan fingerprint density at radius 2 is 2.00 bits per heavy atom. The molecule has 3 nitrogen and oxygen atoms in total. The van der Waals surface area contributed by atoms with Crippen LogP contribution in [0.5, 0.6) is 0 Å². The lowest BCUT2D eigenvalue weighted by Gasteiger charge is -2.21. The fourth-order valence-electron chi connectivity index (χ4n) is 2.19. The van der Waals surface area contributed by atoms with Crippen molar-refractivity contribution in [2.24, 2.45) is 5.73 Å². The van der Waals surface area contributed by atoms with Gasteiger partial charge in [-0.1, -0.05) is 29.3 Å². The summed E-state index contributed by atoms with van der Waals surface area (Å²) >= 11 is 13.4. The third kappa shape index (κ3) is 3.15. The van der Waals surface area contributed by atoms with Gasteiger partial charge in [0.2, 0.25) is 0 Å². The van der Waals surface area contributed by atoms with Gasteiger partial charge in [-0.05, 0) is 31.5 Å². The Labute approximate surface area is 132 Å². The molecule has 6 heteroatoms. The van der Waals surface area contributed by atoms with E-state index in [0.29, 0.717) is 16.6 Å². The number of halogens is 2. The van der Waals surface area contributed by atoms with E-state index in [-0.39, 0.29) is 5.92 Å². The van der Waals surface area contributed by atoms with Crippen LogP contribution in [0.25, 0.3) is 0 Å². The third-order valence-electron chi connectivity index (χ3n) is 3.21. The molecule has 0 aliphatic rings. The van der Waals surface area contributed by atoms with Gasteiger partial charge in [-0.15, -0.1) is 11.3 Å². The molecule has 0 spiro atoms. The van der Waals surface area contributed by atoms with Gasteiger partial charge >= 0.3 is 0 Å². The summed E-state index contributed by atoms with van der Waals surface area (Å²) in [7, 11) is 0. The fourth-order valence-corrected chi connectivity index (χ4v) is 3.48. The van der Waals surface area contributed by atoms with Crippen LogP contribution in [0.1, 0.15) is 33.2 Å². The number of benzene rings is 1. The molecule has 2 rings (SSSR count). The lowest BCUT2D eigenvalue weighted by molar-refractivity contribution is 0.150. The van der Waals surface area contributed by atoms with Gasteiger partial charge in [0.05, 0.1) is 31.7 Å². The molecular formula is C14H16Cl2N2OS. The molecule has 0 radical (unpaired) electrons. The summed E-state index contributed by atoms with van der Waals surface area (Å²) in [5.41, 5.74) is 7.56. The van der Waals surface area contributed by atoms with E-state index in [4.69, 9.17) is 28.9 Å². The number of hydrogen-bond acceptors (Lipinski definition) is 4. The fraction of sp³-hybridized carbons (Fsp3) is 0.357. The molecular weight excluding hydrogens is 315 g/mol. The van der Waals surface area contributed by atoms with Crippen LogP contribution in [0, 0.1) is 13.8 Å². The largest absolute Gasteiger partial charge is 0.387 e. The minimum atomic E-state index is -0.691. The highest BCUT2D eigenvalue weighted by atomic mass is 35.5. The van der Waals surface area contributed by atoms with E-state index >= 15 is 0 Å². The molecule has 1 heterocycles. The van der Waals surface area contributed by atoms with Crippen LogP contribution in [0.15, 0.2) is 18.2 Å². The Morgan fingerprint density at radius 3 is 2.50 bits per heavy atom. The first-order chi connectivity index (χ1) is 9.43. The molecule has 2 atom stereocenters. The number of hydrogen-bond donors (Lipinski definition) is 2. The first-order valence-electron chi connectivity index (χ1n) is 6.21. The second-order valence-corrected chi connectivity index (χ2v) is 6.69. The summed E-state index contributed by atoms with van der Waals surface area (Å²) in [5, 5.41) is 12.5. The van der Waals surface area contributed by atoms with Crippen molar-refractivity contribution in [3.8, 4) is 0 Å². The minimum Gasteiger partial charge on any atom is -0.387 e. The van der Waals surface area contributed by atoms with Gasteiger partial charge in [-0.2, -0.15) is 0 Å². The Bertz CT molecular complexity index is 615. The first-order valence-corrected chi connectivity index (χ1v) is 7.78. The van der Waals surface area contributed by atoms with Gasteiger partial charge in [-0.3, -0.25) is 0 Å². The molecule has 0 bridgehead atoms. The number of nitrogens with two attached hydrogens (primary N) is 1. The highest BCUT2D eigenvalue weighted by molar-refractivity contribution is 7.11. The Morgan fingerprint density at radius 1 is 1.30 bits per heavy atom. The molecule has 2 aromatic rings. The van der Waals surface area contributed by atoms with Gasteiger partial charge < -0.3 is 10.8 Å². The summed E-state index contributed by atoms with van der Waals surface area (Å²) in [6, 6.07) is 5.32. The van der Waals surface area contributed by atoms with Crippen molar-refractivity contribution in [1.82, 2.24) is 4.98 Å². The minimum absolute atomic E-state index is 0.233. The lowest BCUT2D eigenvalue weighted by Crippen LogP contribution is -2.20. The predicted molar refractivity (Wildman–Crippen MR) is 84.8 cm³/mol. The first kappa shape index (κ1) is 15.7. The van der Waals surface area contributed by atoms with Crippen molar-refractivity contribution in [3.63, 3.8) is 0 Å². The Kier molecular flexibility index (Phi) is 5.04. The van der Waals surface area contributed by atoms with E-state index < -0.39 is 6.10 Å². The molecule has 0 aliphatic carbocycles. The van der Waals surface area contributed by atoms with Crippen molar-refractivity contribution in [1.29, 1.82) is 0 Å². The average Bonchev–Trinajstić information content (AvgIpc) is 2.73. The molecule has 1 aromatic carbocycles. The molecule has 3 N–H and O–H groups in total. The molecule has 2 unspecified atom stereocenters. The van der Waals surface area contributed by atoms with Crippen LogP contribution in [0.2, 0.25) is 10.0 Å². The number of thiazole rings is 1. The smallest absolute Gasteiger partial charge is 0.0981 e. The highest BCUT2D eigenvalue weighted by Gasteiger charge is 2.25. The second kappa shape index (κ2) is 6.41. The standard InChI is InChI=1S/C14H16Cl2N2OS/c1-7-14(20-8(2)18-7)13(19)10(6-17)9-3-4-11(15)12(16)5-9/h3-5,10,13,19H,6,17H2,1-2H3. The average molecular weight is 331 g/mol. The second-order valence-electron chi connectivity index (χ2n) is 4.64. The SMILES string of the molecule is Cc1nc(C)c(C(O)C(CN)c2ccc(Cl)c(Cl)c2)s1. The summed E-state index contributed by atoms with van der Waals surface area (Å²) < 4.78 is 0. The number of aliphatic hydroxyl groups excluding tert-OH is 1. The number of rotatable bonds is 4. The zero-order chi connectivity index (χ0) is 14.9. The van der Waals surface area contributed by atoms with Crippen LogP contribution in [0.4, 0.5) is 0 Å². The lowest BCUT2D eigenvalue weighted by atomic mass is 9.92. The maximum atomic E-state index is 10.6. The van der Waals surface area contributed by atoms with Gasteiger partial charge in [0, 0.05) is 12.5 Å². The van der Waals surface area contributed by atoms with E-state index in [1.807, 2.05) is 19.9 Å². The molecule has 1 aromatic heterocycles. The molecule has 0 amide bonds. The number of aromatic nitrogens is 1. The van der Waals surface area contributed by atoms with Gasteiger partial charge in [-0.25, -0.2) is 4.98 Å². The van der Waals surface area contributed by atoms with Crippen molar-refractivity contribution < 1.29 is 5.11 Å². The predicted octanol–water partition coefficient (Wildman–Crippen LogP) is 3.84. The molecule has 0 aliphatic heterocycles.